The molecule has 1 N–H and O–H groups in total. The molecular weight excluding hydrogens is 210 g/mol. The van der Waals surface area contributed by atoms with Gasteiger partial charge in [0.2, 0.25) is 0 Å². The van der Waals surface area contributed by atoms with Crippen molar-refractivity contribution in [3.63, 3.8) is 0 Å². The minimum absolute atomic E-state index is 0.636. The van der Waals surface area contributed by atoms with E-state index in [1.165, 1.54) is 43.5 Å². The van der Waals surface area contributed by atoms with Crippen LogP contribution in [0, 0.1) is 0 Å². The molecule has 1 aromatic rings. The lowest BCUT2D eigenvalue weighted by atomic mass is 9.87. The molecule has 92 valence electrons. The second-order valence-corrected chi connectivity index (χ2v) is 5.25. The van der Waals surface area contributed by atoms with Gasteiger partial charge < -0.3 is 10.1 Å². The van der Waals surface area contributed by atoms with Crippen LogP contribution in [0.5, 0.6) is 0 Å². The molecule has 0 bridgehead atoms. The molecule has 1 aromatic carbocycles. The predicted octanol–water partition coefficient (Wildman–Crippen LogP) is 2.66. The summed E-state index contributed by atoms with van der Waals surface area (Å²) < 4.78 is 5.49. The van der Waals surface area contributed by atoms with Gasteiger partial charge in [0, 0.05) is 12.5 Å². The van der Waals surface area contributed by atoms with Crippen molar-refractivity contribution in [1.29, 1.82) is 0 Å². The first kappa shape index (κ1) is 11.2. The maximum Gasteiger partial charge on any atom is 0.0535 e. The van der Waals surface area contributed by atoms with Crippen LogP contribution in [0.3, 0.4) is 0 Å². The fourth-order valence-corrected chi connectivity index (χ4v) is 3.02. The Labute approximate surface area is 103 Å². The third kappa shape index (κ3) is 2.53. The molecule has 1 atom stereocenters. The van der Waals surface area contributed by atoms with Crippen LogP contribution in [-0.4, -0.2) is 26.3 Å². The van der Waals surface area contributed by atoms with Gasteiger partial charge in [0.15, 0.2) is 0 Å². The van der Waals surface area contributed by atoms with Gasteiger partial charge in [0.1, 0.15) is 0 Å². The summed E-state index contributed by atoms with van der Waals surface area (Å²) in [5.41, 5.74) is 3.02. The van der Waals surface area contributed by atoms with Gasteiger partial charge in [-0.25, -0.2) is 0 Å². The first-order valence-corrected chi connectivity index (χ1v) is 6.82. The third-order valence-corrected chi connectivity index (χ3v) is 4.12. The lowest BCUT2D eigenvalue weighted by Gasteiger charge is -2.23. The zero-order valence-corrected chi connectivity index (χ0v) is 10.3. The maximum atomic E-state index is 5.49. The normalized spacial score (nSPS) is 26.2. The zero-order chi connectivity index (χ0) is 11.5. The van der Waals surface area contributed by atoms with E-state index in [9.17, 15) is 0 Å². The molecule has 17 heavy (non-hydrogen) atoms. The number of ether oxygens (including phenoxy) is 1. The van der Waals surface area contributed by atoms with E-state index in [1.807, 2.05) is 0 Å². The molecule has 0 spiro atoms. The van der Waals surface area contributed by atoms with Gasteiger partial charge in [-0.1, -0.05) is 24.3 Å². The van der Waals surface area contributed by atoms with E-state index >= 15 is 0 Å². The average molecular weight is 231 g/mol. The lowest BCUT2D eigenvalue weighted by Crippen LogP contribution is -2.26. The Morgan fingerprint density at radius 2 is 1.76 bits per heavy atom. The topological polar surface area (TPSA) is 21.3 Å². The number of hydrogen-bond acceptors (Lipinski definition) is 2. The van der Waals surface area contributed by atoms with Crippen molar-refractivity contribution >= 4 is 0 Å². The van der Waals surface area contributed by atoms with Crippen LogP contribution in [0.15, 0.2) is 24.3 Å². The molecule has 2 saturated heterocycles. The van der Waals surface area contributed by atoms with Crippen molar-refractivity contribution in [1.82, 2.24) is 5.32 Å². The highest BCUT2D eigenvalue weighted by molar-refractivity contribution is 5.29. The Bertz CT molecular complexity index is 365. The summed E-state index contributed by atoms with van der Waals surface area (Å²) in [7, 11) is 0. The van der Waals surface area contributed by atoms with Gasteiger partial charge in [-0.15, -0.1) is 0 Å². The summed E-state index contributed by atoms with van der Waals surface area (Å²) in [5.74, 6) is 1.40. The van der Waals surface area contributed by atoms with Crippen LogP contribution < -0.4 is 5.32 Å². The van der Waals surface area contributed by atoms with Crippen LogP contribution >= 0.6 is 0 Å². The van der Waals surface area contributed by atoms with Gasteiger partial charge in [0.05, 0.1) is 6.61 Å². The molecule has 2 nitrogen and oxygen atoms in total. The molecule has 1 unspecified atom stereocenters. The van der Waals surface area contributed by atoms with Crippen LogP contribution in [0.4, 0.5) is 0 Å². The average Bonchev–Trinajstić information content (AvgIpc) is 2.94. The Kier molecular flexibility index (Phi) is 3.44. The highest BCUT2D eigenvalue weighted by Crippen LogP contribution is 2.30. The molecule has 3 rings (SSSR count). The van der Waals surface area contributed by atoms with E-state index in [2.05, 4.69) is 29.6 Å². The largest absolute Gasteiger partial charge is 0.381 e. The number of hydrogen-bond donors (Lipinski definition) is 1. The second-order valence-electron chi connectivity index (χ2n) is 5.25. The number of piperidine rings is 1. The summed E-state index contributed by atoms with van der Waals surface area (Å²) in [6.45, 7) is 4.18. The third-order valence-electron chi connectivity index (χ3n) is 4.12. The van der Waals surface area contributed by atoms with Gasteiger partial charge in [-0.2, -0.15) is 0 Å². The fourth-order valence-electron chi connectivity index (χ4n) is 3.02. The van der Waals surface area contributed by atoms with E-state index in [4.69, 9.17) is 4.74 Å². The van der Waals surface area contributed by atoms with Crippen LogP contribution in [0.1, 0.15) is 42.2 Å². The quantitative estimate of drug-likeness (QED) is 0.845. The summed E-state index contributed by atoms with van der Waals surface area (Å²) in [6, 6.07) is 9.22. The van der Waals surface area contributed by atoms with Crippen LogP contribution in [0.25, 0.3) is 0 Å². The standard InChI is InChI=1S/C15H21NO/c1-2-13(12-4-7-16-8-5-12)10-14(3-1)15-6-9-17-11-15/h1-3,10,12,15-16H,4-9,11H2. The minimum atomic E-state index is 0.636. The zero-order valence-electron chi connectivity index (χ0n) is 10.3. The molecule has 2 aliphatic heterocycles. The van der Waals surface area contributed by atoms with Crippen molar-refractivity contribution < 1.29 is 4.74 Å². The first-order valence-electron chi connectivity index (χ1n) is 6.82. The van der Waals surface area contributed by atoms with Crippen LogP contribution in [-0.2, 0) is 4.74 Å². The van der Waals surface area contributed by atoms with Gasteiger partial charge in [-0.3, -0.25) is 0 Å². The van der Waals surface area contributed by atoms with Crippen molar-refractivity contribution in [2.24, 2.45) is 0 Å². The molecular formula is C15H21NO. The summed E-state index contributed by atoms with van der Waals surface area (Å²) in [5, 5.41) is 3.43. The Morgan fingerprint density at radius 1 is 1.00 bits per heavy atom. The molecule has 2 fully saturated rings. The van der Waals surface area contributed by atoms with Crippen molar-refractivity contribution in [2.45, 2.75) is 31.1 Å². The molecule has 2 heterocycles. The fraction of sp³-hybridized carbons (Fsp3) is 0.600. The summed E-state index contributed by atoms with van der Waals surface area (Å²) >= 11 is 0. The summed E-state index contributed by atoms with van der Waals surface area (Å²) in [4.78, 5) is 0. The van der Waals surface area contributed by atoms with Crippen molar-refractivity contribution in [3.8, 4) is 0 Å². The lowest BCUT2D eigenvalue weighted by molar-refractivity contribution is 0.194. The first-order chi connectivity index (χ1) is 8.43. The molecule has 0 aliphatic carbocycles. The molecule has 2 heteroatoms. The predicted molar refractivity (Wildman–Crippen MR) is 69.5 cm³/mol. The Morgan fingerprint density at radius 3 is 2.47 bits per heavy atom. The van der Waals surface area contributed by atoms with Crippen molar-refractivity contribution in [2.75, 3.05) is 26.3 Å². The maximum absolute atomic E-state index is 5.49. The second kappa shape index (κ2) is 5.19. The highest BCUT2D eigenvalue weighted by Gasteiger charge is 2.20. The monoisotopic (exact) mass is 231 g/mol. The highest BCUT2D eigenvalue weighted by atomic mass is 16.5. The number of rotatable bonds is 2. The smallest absolute Gasteiger partial charge is 0.0535 e. The molecule has 0 aromatic heterocycles. The number of benzene rings is 1. The summed E-state index contributed by atoms with van der Waals surface area (Å²) in [6.07, 6.45) is 3.75. The molecule has 0 saturated carbocycles. The number of nitrogens with one attached hydrogen (secondary N) is 1. The van der Waals surface area contributed by atoms with E-state index in [0.29, 0.717) is 5.92 Å². The van der Waals surface area contributed by atoms with Gasteiger partial charge >= 0.3 is 0 Å². The van der Waals surface area contributed by atoms with E-state index in [-0.39, 0.29) is 0 Å². The van der Waals surface area contributed by atoms with Crippen LogP contribution in [0.2, 0.25) is 0 Å². The SMILES string of the molecule is c1cc(C2CCNCC2)cc(C2CCOC2)c1. The Hall–Kier alpha value is -0.860. The molecule has 0 radical (unpaired) electrons. The van der Waals surface area contributed by atoms with E-state index in [0.717, 1.165) is 19.1 Å². The Balaban J connectivity index is 1.77. The van der Waals surface area contributed by atoms with Gasteiger partial charge in [0.25, 0.3) is 0 Å². The molecule has 2 aliphatic rings. The molecule has 0 amide bonds. The van der Waals surface area contributed by atoms with Crippen molar-refractivity contribution in [3.05, 3.63) is 35.4 Å². The van der Waals surface area contributed by atoms with E-state index in [1.54, 1.807) is 0 Å². The minimum Gasteiger partial charge on any atom is -0.381 e. The van der Waals surface area contributed by atoms with Gasteiger partial charge in [-0.05, 0) is 49.4 Å². The van der Waals surface area contributed by atoms with E-state index < -0.39 is 0 Å².